The van der Waals surface area contributed by atoms with Crippen LogP contribution in [0.1, 0.15) is 85.5 Å². The molecule has 5 nitrogen and oxygen atoms in total. The summed E-state index contributed by atoms with van der Waals surface area (Å²) in [5.41, 5.74) is 0.274. The zero-order valence-electron chi connectivity index (χ0n) is 20.9. The van der Waals surface area contributed by atoms with Gasteiger partial charge in [0.25, 0.3) is 0 Å². The highest BCUT2D eigenvalue weighted by atomic mass is 79.9. The Labute approximate surface area is 207 Å². The maximum absolute atomic E-state index is 13.9. The van der Waals surface area contributed by atoms with Crippen molar-refractivity contribution < 1.29 is 23.9 Å². The Bertz CT molecular complexity index is 797. The lowest BCUT2D eigenvalue weighted by molar-refractivity contribution is -0.166. The van der Waals surface area contributed by atoms with E-state index in [-0.39, 0.29) is 45.5 Å². The molecule has 0 bridgehead atoms. The highest BCUT2D eigenvalue weighted by Crippen LogP contribution is 2.68. The average Bonchev–Trinajstić information content (AvgIpc) is 3.13. The van der Waals surface area contributed by atoms with E-state index in [4.69, 9.17) is 9.47 Å². The Hall–Kier alpha value is -0.910. The van der Waals surface area contributed by atoms with Gasteiger partial charge in [-0.25, -0.2) is 0 Å². The number of esters is 2. The summed E-state index contributed by atoms with van der Waals surface area (Å²) in [7, 11) is 1.46. The highest BCUT2D eigenvalue weighted by molar-refractivity contribution is 9.10. The minimum Gasteiger partial charge on any atom is -0.469 e. The molecule has 0 heterocycles. The van der Waals surface area contributed by atoms with Gasteiger partial charge in [0.15, 0.2) is 0 Å². The first kappa shape index (κ1) is 25.2. The first-order valence-corrected chi connectivity index (χ1v) is 13.9. The molecular weight excluding hydrogens is 484 g/mol. The molecule has 0 aromatic rings. The normalized spacial score (nSPS) is 45.4. The van der Waals surface area contributed by atoms with Gasteiger partial charge in [0, 0.05) is 19.3 Å². The van der Waals surface area contributed by atoms with Gasteiger partial charge in [-0.1, -0.05) is 36.7 Å². The number of ether oxygens (including phenoxy) is 2. The first-order chi connectivity index (χ1) is 15.5. The van der Waals surface area contributed by atoms with Gasteiger partial charge in [0.1, 0.15) is 11.9 Å². The van der Waals surface area contributed by atoms with Gasteiger partial charge in [0.2, 0.25) is 0 Å². The number of alkyl halides is 1. The van der Waals surface area contributed by atoms with Crippen LogP contribution in [-0.4, -0.2) is 35.8 Å². The van der Waals surface area contributed by atoms with E-state index in [0.717, 1.165) is 44.9 Å². The van der Waals surface area contributed by atoms with Gasteiger partial charge in [-0.3, -0.25) is 14.4 Å². The number of halogens is 1. The Morgan fingerprint density at radius 1 is 1.06 bits per heavy atom. The lowest BCUT2D eigenvalue weighted by atomic mass is 9.44. The monoisotopic (exact) mass is 524 g/mol. The number of carbonyl (C=O) groups excluding carboxylic acids is 3. The van der Waals surface area contributed by atoms with Gasteiger partial charge in [-0.15, -0.1) is 0 Å². The highest BCUT2D eigenvalue weighted by Gasteiger charge is 2.65. The Morgan fingerprint density at radius 3 is 2.39 bits per heavy atom. The molecule has 0 amide bonds. The van der Waals surface area contributed by atoms with E-state index in [0.29, 0.717) is 35.9 Å². The van der Waals surface area contributed by atoms with E-state index in [9.17, 15) is 14.4 Å². The third-order valence-electron chi connectivity index (χ3n) is 10.6. The largest absolute Gasteiger partial charge is 0.469 e. The van der Waals surface area contributed by atoms with Gasteiger partial charge in [-0.2, -0.15) is 0 Å². The van der Waals surface area contributed by atoms with E-state index in [1.54, 1.807) is 0 Å². The molecule has 4 saturated carbocycles. The predicted octanol–water partition coefficient (Wildman–Crippen LogP) is 5.72. The van der Waals surface area contributed by atoms with Crippen molar-refractivity contribution in [2.24, 2.45) is 46.3 Å². The van der Waals surface area contributed by atoms with Crippen LogP contribution in [0.4, 0.5) is 0 Å². The molecule has 33 heavy (non-hydrogen) atoms. The molecule has 4 aliphatic carbocycles. The lowest BCUT2D eigenvalue weighted by Crippen LogP contribution is -2.61. The van der Waals surface area contributed by atoms with Crippen LogP contribution in [0.25, 0.3) is 0 Å². The van der Waals surface area contributed by atoms with Gasteiger partial charge >= 0.3 is 11.9 Å². The number of carbonyl (C=O) groups is 3. The predicted molar refractivity (Wildman–Crippen MR) is 130 cm³/mol. The second-order valence-electron chi connectivity index (χ2n) is 12.0. The topological polar surface area (TPSA) is 69.7 Å². The molecular formula is C27H41BrO5. The molecule has 0 radical (unpaired) electrons. The second kappa shape index (κ2) is 9.28. The fourth-order valence-electron chi connectivity index (χ4n) is 8.87. The minimum absolute atomic E-state index is 0.0645. The van der Waals surface area contributed by atoms with Gasteiger partial charge < -0.3 is 9.47 Å². The Morgan fingerprint density at radius 2 is 1.73 bits per heavy atom. The summed E-state index contributed by atoms with van der Waals surface area (Å²) in [5.74, 6) is 2.26. The van der Waals surface area contributed by atoms with Gasteiger partial charge in [0.05, 0.1) is 11.9 Å². The van der Waals surface area contributed by atoms with Crippen molar-refractivity contribution >= 4 is 33.7 Å². The van der Waals surface area contributed by atoms with Crippen LogP contribution in [0.2, 0.25) is 0 Å². The summed E-state index contributed by atoms with van der Waals surface area (Å²) in [6.07, 6.45) is 8.53. The number of hydrogen-bond acceptors (Lipinski definition) is 5. The van der Waals surface area contributed by atoms with Crippen LogP contribution in [0, 0.1) is 46.3 Å². The van der Waals surface area contributed by atoms with Crippen LogP contribution >= 0.6 is 15.9 Å². The number of fused-ring (bicyclic) bond motifs is 5. The molecule has 6 heteroatoms. The van der Waals surface area contributed by atoms with Crippen molar-refractivity contribution in [3.8, 4) is 0 Å². The Balaban J connectivity index is 1.54. The van der Waals surface area contributed by atoms with Crippen LogP contribution in [0.15, 0.2) is 0 Å². The van der Waals surface area contributed by atoms with Crippen LogP contribution in [0.5, 0.6) is 0 Å². The summed E-state index contributed by atoms with van der Waals surface area (Å²) in [6, 6.07) is 0. The number of Topliss-reactive ketones (excluding diaryl/α,β-unsaturated/α-hetero) is 1. The second-order valence-corrected chi connectivity index (χ2v) is 13.0. The van der Waals surface area contributed by atoms with Crippen LogP contribution < -0.4 is 0 Å². The maximum Gasteiger partial charge on any atom is 0.305 e. The average molecular weight is 526 g/mol. The zero-order valence-corrected chi connectivity index (χ0v) is 22.5. The molecule has 4 rings (SSSR count). The Kier molecular flexibility index (Phi) is 7.08. The summed E-state index contributed by atoms with van der Waals surface area (Å²) in [5, 5.41) is 0. The molecule has 10 atom stereocenters. The molecule has 1 unspecified atom stereocenters. The molecule has 0 saturated heterocycles. The van der Waals surface area contributed by atoms with Crippen molar-refractivity contribution in [3.05, 3.63) is 0 Å². The van der Waals surface area contributed by atoms with Crippen LogP contribution in [-0.2, 0) is 23.9 Å². The van der Waals surface area contributed by atoms with E-state index >= 15 is 0 Å². The van der Waals surface area contributed by atoms with E-state index in [1.165, 1.54) is 20.5 Å². The van der Waals surface area contributed by atoms with Crippen molar-refractivity contribution in [2.75, 3.05) is 7.11 Å². The first-order valence-electron chi connectivity index (χ1n) is 12.9. The molecule has 4 aliphatic rings. The molecule has 0 N–H and O–H groups in total. The summed E-state index contributed by atoms with van der Waals surface area (Å²) >= 11 is 3.85. The third-order valence-corrected chi connectivity index (χ3v) is 11.7. The standard InChI is InChI=1S/C27H41BrO5/c1-15(6-9-22(30)32-5)18-7-8-19-23-20(11-13-26(18,19)3)27(4)12-10-17(33-16(2)29)14-21(27)24(28)25(23)31/h15,17-21,23-24H,6-14H2,1-5H3/t15-,17-,18-,19+,20+,21+,23+,24?,26-,27-/m1/s1. The maximum atomic E-state index is 13.9. The summed E-state index contributed by atoms with van der Waals surface area (Å²) < 4.78 is 10.4. The molecule has 0 spiro atoms. The molecule has 186 valence electrons. The smallest absolute Gasteiger partial charge is 0.305 e. The fraction of sp³-hybridized carbons (Fsp3) is 0.889. The van der Waals surface area contributed by atoms with Gasteiger partial charge in [-0.05, 0) is 91.8 Å². The quantitative estimate of drug-likeness (QED) is 0.339. The van der Waals surface area contributed by atoms with Crippen molar-refractivity contribution in [3.63, 3.8) is 0 Å². The SMILES string of the molecule is COC(=O)CC[C@@H](C)[C@H]1CC[C@H]2[C@@H]3C(=O)C(Br)[C@@H]4C[C@H](OC(C)=O)CC[C@]4(C)[C@H]3CC[C@]12C. The van der Waals surface area contributed by atoms with Crippen molar-refractivity contribution in [2.45, 2.75) is 96.4 Å². The molecule has 0 aliphatic heterocycles. The fourth-order valence-corrected chi connectivity index (χ4v) is 9.99. The number of hydrogen-bond donors (Lipinski definition) is 0. The van der Waals surface area contributed by atoms with Crippen molar-refractivity contribution in [1.82, 2.24) is 0 Å². The van der Waals surface area contributed by atoms with E-state index in [1.807, 2.05) is 0 Å². The third kappa shape index (κ3) is 4.21. The zero-order chi connectivity index (χ0) is 24.1. The van der Waals surface area contributed by atoms with E-state index < -0.39 is 0 Å². The molecule has 0 aromatic carbocycles. The van der Waals surface area contributed by atoms with Crippen molar-refractivity contribution in [1.29, 1.82) is 0 Å². The lowest BCUT2D eigenvalue weighted by Gasteiger charge is -2.61. The number of ketones is 1. The summed E-state index contributed by atoms with van der Waals surface area (Å²) in [6.45, 7) is 8.61. The summed E-state index contributed by atoms with van der Waals surface area (Å²) in [4.78, 5) is 37.0. The molecule has 0 aromatic heterocycles. The van der Waals surface area contributed by atoms with Crippen LogP contribution in [0.3, 0.4) is 0 Å². The number of methoxy groups -OCH3 is 1. The van der Waals surface area contributed by atoms with E-state index in [2.05, 4.69) is 36.7 Å². The minimum atomic E-state index is -0.221. The molecule has 4 fully saturated rings. The number of rotatable bonds is 5.